The van der Waals surface area contributed by atoms with Gasteiger partial charge in [0.2, 0.25) is 17.8 Å². The second-order valence-electron chi connectivity index (χ2n) is 9.48. The Kier molecular flexibility index (Phi) is 6.64. The van der Waals surface area contributed by atoms with Crippen LogP contribution in [0.15, 0.2) is 18.3 Å². The highest BCUT2D eigenvalue weighted by Gasteiger charge is 2.30. The Labute approximate surface area is 211 Å². The number of aromatic nitrogens is 4. The molecule has 2 fully saturated rings. The molecule has 188 valence electrons. The van der Waals surface area contributed by atoms with Gasteiger partial charge >= 0.3 is 0 Å². The van der Waals surface area contributed by atoms with Crippen LogP contribution in [-0.2, 0) is 4.79 Å². The fraction of sp³-hybridized carbons (Fsp3) is 0.458. The van der Waals surface area contributed by atoms with E-state index in [1.165, 1.54) is 6.07 Å². The molecule has 2 aliphatic carbocycles. The maximum Gasteiger partial charge on any atom is 0.224 e. The first-order valence-electron chi connectivity index (χ1n) is 12.0. The fourth-order valence-electron chi connectivity index (χ4n) is 5.15. The largest absolute Gasteiger partial charge is 0.393 e. The number of carbonyl (C=O) groups is 1. The number of imidazole rings is 1. The molecule has 0 aliphatic heterocycles. The van der Waals surface area contributed by atoms with E-state index in [9.17, 15) is 14.3 Å². The first-order chi connectivity index (χ1) is 17.3. The number of hydrogen-bond acceptors (Lipinski definition) is 8. The van der Waals surface area contributed by atoms with E-state index >= 15 is 0 Å². The van der Waals surface area contributed by atoms with Gasteiger partial charge in [0.05, 0.1) is 34.6 Å². The van der Waals surface area contributed by atoms with Crippen LogP contribution in [0, 0.1) is 23.1 Å². The van der Waals surface area contributed by atoms with Gasteiger partial charge in [0.15, 0.2) is 5.65 Å². The third kappa shape index (κ3) is 4.79. The highest BCUT2D eigenvalue weighted by molar-refractivity contribution is 6.33. The van der Waals surface area contributed by atoms with Crippen LogP contribution in [0.3, 0.4) is 0 Å². The van der Waals surface area contributed by atoms with Gasteiger partial charge in [-0.25, -0.2) is 14.4 Å². The van der Waals surface area contributed by atoms with Crippen LogP contribution in [0.1, 0.15) is 56.6 Å². The summed E-state index contributed by atoms with van der Waals surface area (Å²) in [5.74, 6) is -0.411. The molecule has 2 atom stereocenters. The first kappa shape index (κ1) is 24.2. The van der Waals surface area contributed by atoms with Crippen molar-refractivity contribution in [2.24, 2.45) is 11.7 Å². The summed E-state index contributed by atoms with van der Waals surface area (Å²) >= 11 is 6.29. The number of anilines is 3. The summed E-state index contributed by atoms with van der Waals surface area (Å²) in [6.07, 6.45) is 6.03. The smallest absolute Gasteiger partial charge is 0.224 e. The molecule has 5 rings (SSSR count). The minimum atomic E-state index is -0.677. The molecule has 12 heteroatoms. The van der Waals surface area contributed by atoms with Crippen LogP contribution >= 0.6 is 11.6 Å². The van der Waals surface area contributed by atoms with Crippen molar-refractivity contribution in [1.29, 1.82) is 5.26 Å². The molecule has 0 spiro atoms. The zero-order chi connectivity index (χ0) is 25.4. The number of nitriles is 1. The minimum absolute atomic E-state index is 0.00398. The lowest BCUT2D eigenvalue weighted by Crippen LogP contribution is -2.29. The Balaban J connectivity index is 1.53. The molecule has 1 aromatic carbocycles. The molecule has 36 heavy (non-hydrogen) atoms. The van der Waals surface area contributed by atoms with Crippen molar-refractivity contribution in [2.45, 2.75) is 63.1 Å². The molecule has 1 amide bonds. The number of nitrogens with one attached hydrogen (secondary N) is 2. The topological polar surface area (TPSA) is 155 Å². The number of aliphatic hydroxyl groups is 1. The quantitative estimate of drug-likeness (QED) is 0.389. The number of hydrogen-bond donors (Lipinski definition) is 4. The summed E-state index contributed by atoms with van der Waals surface area (Å²) in [7, 11) is 0. The summed E-state index contributed by atoms with van der Waals surface area (Å²) < 4.78 is 16.7. The van der Waals surface area contributed by atoms with E-state index in [4.69, 9.17) is 27.6 Å². The molecular weight excluding hydrogens is 487 g/mol. The van der Waals surface area contributed by atoms with E-state index in [1.54, 1.807) is 6.20 Å². The van der Waals surface area contributed by atoms with E-state index in [1.807, 2.05) is 10.6 Å². The molecule has 10 nitrogen and oxygen atoms in total. The summed E-state index contributed by atoms with van der Waals surface area (Å²) in [6.45, 7) is 0. The molecule has 3 aromatic rings. The van der Waals surface area contributed by atoms with E-state index in [-0.39, 0.29) is 46.3 Å². The Hall–Kier alpha value is -3.49. The Morgan fingerprint density at radius 1 is 1.22 bits per heavy atom. The summed E-state index contributed by atoms with van der Waals surface area (Å²) in [5.41, 5.74) is 6.70. The second kappa shape index (κ2) is 9.87. The van der Waals surface area contributed by atoms with Crippen molar-refractivity contribution in [3.8, 4) is 6.07 Å². The lowest BCUT2D eigenvalue weighted by atomic mass is 9.85. The fourth-order valence-corrected chi connectivity index (χ4v) is 5.41. The maximum atomic E-state index is 14.8. The molecule has 0 bridgehead atoms. The van der Waals surface area contributed by atoms with Gasteiger partial charge < -0.3 is 21.5 Å². The summed E-state index contributed by atoms with van der Waals surface area (Å²) in [5, 5.41) is 25.3. The average molecular weight is 513 g/mol. The van der Waals surface area contributed by atoms with Crippen LogP contribution in [0.4, 0.5) is 22.0 Å². The zero-order valence-corrected chi connectivity index (χ0v) is 20.2. The standard InChI is InChI=1S/C24H26ClFN8O2/c25-17-7-12(10-27)8-18(26)20(17)32-24-31-19-11-29-23(30-14-3-6-16(35)9-14)33-22(19)34(24)15-4-1-13(2-5-15)21(28)36/h7-8,11,13-16,35H,1-6,9H2,(H2,28,36)(H,31,32)(H,29,30,33)/t13-,14-,15-,16-/m1/s1. The van der Waals surface area contributed by atoms with Gasteiger partial charge in [0, 0.05) is 18.0 Å². The van der Waals surface area contributed by atoms with Gasteiger partial charge in [-0.2, -0.15) is 10.2 Å². The van der Waals surface area contributed by atoms with Gasteiger partial charge in [-0.05, 0) is 57.1 Å². The molecule has 2 aliphatic rings. The zero-order valence-electron chi connectivity index (χ0n) is 19.4. The number of carbonyl (C=O) groups excluding carboxylic acids is 1. The number of primary amides is 1. The number of fused-ring (bicyclic) bond motifs is 1. The van der Waals surface area contributed by atoms with E-state index in [0.29, 0.717) is 55.2 Å². The SMILES string of the molecule is N#Cc1cc(F)c(Nc2nc3cnc(N[C@@H]4CC[C@@H](O)C4)nc3n2[C@H]2CC[C@H](C(N)=O)CC2)c(Cl)c1. The van der Waals surface area contributed by atoms with Crippen LogP contribution in [0.5, 0.6) is 0 Å². The average Bonchev–Trinajstić information content (AvgIpc) is 3.43. The molecular formula is C24H26ClFN8O2. The Morgan fingerprint density at radius 2 is 2.00 bits per heavy atom. The molecule has 2 heterocycles. The van der Waals surface area contributed by atoms with Crippen molar-refractivity contribution in [3.63, 3.8) is 0 Å². The lowest BCUT2D eigenvalue weighted by Gasteiger charge is -2.29. The van der Waals surface area contributed by atoms with Crippen LogP contribution in [-0.4, -0.2) is 42.7 Å². The van der Waals surface area contributed by atoms with Gasteiger partial charge in [0.25, 0.3) is 0 Å². The van der Waals surface area contributed by atoms with Crippen LogP contribution in [0.25, 0.3) is 11.2 Å². The number of rotatable bonds is 6. The molecule has 2 aromatic heterocycles. The molecule has 0 radical (unpaired) electrons. The number of halogens is 2. The third-order valence-corrected chi connectivity index (χ3v) is 7.34. The number of aliphatic hydroxyl groups excluding tert-OH is 1. The van der Waals surface area contributed by atoms with Crippen molar-refractivity contribution in [3.05, 3.63) is 34.7 Å². The maximum absolute atomic E-state index is 14.8. The number of benzene rings is 1. The number of amides is 1. The highest BCUT2D eigenvalue weighted by atomic mass is 35.5. The predicted octanol–water partition coefficient (Wildman–Crippen LogP) is 3.78. The first-order valence-corrected chi connectivity index (χ1v) is 12.3. The third-order valence-electron chi connectivity index (χ3n) is 7.04. The minimum Gasteiger partial charge on any atom is -0.393 e. The normalized spacial score (nSPS) is 23.9. The number of nitrogens with two attached hydrogens (primary N) is 1. The van der Waals surface area contributed by atoms with Gasteiger partial charge in [-0.3, -0.25) is 9.36 Å². The van der Waals surface area contributed by atoms with Crippen molar-refractivity contribution >= 4 is 46.3 Å². The molecule has 5 N–H and O–H groups in total. The highest BCUT2D eigenvalue weighted by Crippen LogP contribution is 2.38. The number of nitrogens with zero attached hydrogens (tertiary/aromatic N) is 5. The monoisotopic (exact) mass is 512 g/mol. The van der Waals surface area contributed by atoms with E-state index < -0.39 is 5.82 Å². The van der Waals surface area contributed by atoms with Crippen molar-refractivity contribution in [1.82, 2.24) is 19.5 Å². The van der Waals surface area contributed by atoms with E-state index in [0.717, 1.165) is 18.9 Å². The van der Waals surface area contributed by atoms with Gasteiger partial charge in [0.1, 0.15) is 11.3 Å². The molecule has 0 saturated heterocycles. The Morgan fingerprint density at radius 3 is 2.64 bits per heavy atom. The van der Waals surface area contributed by atoms with Gasteiger partial charge in [-0.1, -0.05) is 11.6 Å². The van der Waals surface area contributed by atoms with Crippen LogP contribution in [0.2, 0.25) is 5.02 Å². The van der Waals surface area contributed by atoms with E-state index in [2.05, 4.69) is 20.6 Å². The van der Waals surface area contributed by atoms with Crippen molar-refractivity contribution in [2.75, 3.05) is 10.6 Å². The van der Waals surface area contributed by atoms with Crippen molar-refractivity contribution < 1.29 is 14.3 Å². The summed E-state index contributed by atoms with van der Waals surface area (Å²) in [6, 6.07) is 4.39. The molecule has 2 saturated carbocycles. The summed E-state index contributed by atoms with van der Waals surface area (Å²) in [4.78, 5) is 25.4. The van der Waals surface area contributed by atoms with Crippen LogP contribution < -0.4 is 16.4 Å². The second-order valence-corrected chi connectivity index (χ2v) is 9.88. The van der Waals surface area contributed by atoms with Gasteiger partial charge in [-0.15, -0.1) is 0 Å². The predicted molar refractivity (Wildman–Crippen MR) is 132 cm³/mol. The lowest BCUT2D eigenvalue weighted by molar-refractivity contribution is -0.122. The molecule has 0 unspecified atom stereocenters. The Bertz CT molecular complexity index is 1320.